The standard InChI is InChI=1S/C16H23N3O.ClH/c17-16(20)14-9-13-3-1-2-4-15(13)19(11-14)10-12-5-7-18-8-6-12;/h1-4,12,14,18H,5-11H2,(H2,17,20);1H. The molecule has 0 aliphatic carbocycles. The molecule has 1 aromatic rings. The van der Waals surface area contributed by atoms with Crippen LogP contribution in [0.4, 0.5) is 5.69 Å². The number of nitrogens with zero attached hydrogens (tertiary/aromatic N) is 1. The summed E-state index contributed by atoms with van der Waals surface area (Å²) < 4.78 is 0. The summed E-state index contributed by atoms with van der Waals surface area (Å²) in [4.78, 5) is 14.0. The lowest BCUT2D eigenvalue weighted by molar-refractivity contribution is -0.121. The summed E-state index contributed by atoms with van der Waals surface area (Å²) in [7, 11) is 0. The third-order valence-electron chi connectivity index (χ3n) is 4.58. The van der Waals surface area contributed by atoms with Gasteiger partial charge in [-0.2, -0.15) is 0 Å². The Morgan fingerprint density at radius 2 is 2.00 bits per heavy atom. The average molecular weight is 310 g/mol. The fourth-order valence-electron chi connectivity index (χ4n) is 3.43. The van der Waals surface area contributed by atoms with Crippen LogP contribution in [0.1, 0.15) is 18.4 Å². The highest BCUT2D eigenvalue weighted by atomic mass is 35.5. The van der Waals surface area contributed by atoms with Gasteiger partial charge in [0.05, 0.1) is 5.92 Å². The van der Waals surface area contributed by atoms with E-state index >= 15 is 0 Å². The molecule has 116 valence electrons. The first kappa shape index (κ1) is 16.1. The van der Waals surface area contributed by atoms with Gasteiger partial charge in [-0.1, -0.05) is 18.2 Å². The SMILES string of the molecule is Cl.NC(=O)C1Cc2ccccc2N(CC2CCNCC2)C1. The molecule has 1 saturated heterocycles. The fraction of sp³-hybridized carbons (Fsp3) is 0.562. The number of carbonyl (C=O) groups is 1. The van der Waals surface area contributed by atoms with Gasteiger partial charge in [0.1, 0.15) is 0 Å². The van der Waals surface area contributed by atoms with Crippen LogP contribution in [-0.4, -0.2) is 32.1 Å². The Bertz CT molecular complexity index is 488. The van der Waals surface area contributed by atoms with Crippen molar-refractivity contribution in [2.45, 2.75) is 19.3 Å². The van der Waals surface area contributed by atoms with Gasteiger partial charge in [-0.3, -0.25) is 4.79 Å². The number of nitrogens with two attached hydrogens (primary N) is 1. The summed E-state index contributed by atoms with van der Waals surface area (Å²) in [6, 6.07) is 8.43. The van der Waals surface area contributed by atoms with Gasteiger partial charge in [0.15, 0.2) is 0 Å². The number of piperidine rings is 1. The number of rotatable bonds is 3. The molecule has 0 radical (unpaired) electrons. The van der Waals surface area contributed by atoms with E-state index in [2.05, 4.69) is 28.4 Å². The van der Waals surface area contributed by atoms with Crippen LogP contribution in [0.25, 0.3) is 0 Å². The summed E-state index contributed by atoms with van der Waals surface area (Å²) in [5, 5.41) is 3.41. The molecule has 1 amide bonds. The van der Waals surface area contributed by atoms with Gasteiger partial charge in [-0.15, -0.1) is 12.4 Å². The minimum atomic E-state index is -0.171. The molecule has 3 N–H and O–H groups in total. The molecule has 1 fully saturated rings. The molecule has 2 aliphatic heterocycles. The maximum atomic E-state index is 11.6. The zero-order chi connectivity index (χ0) is 13.9. The molecular weight excluding hydrogens is 286 g/mol. The number of nitrogens with one attached hydrogen (secondary N) is 1. The Morgan fingerprint density at radius 3 is 2.71 bits per heavy atom. The van der Waals surface area contributed by atoms with Crippen LogP contribution in [0.3, 0.4) is 0 Å². The van der Waals surface area contributed by atoms with Crippen molar-refractivity contribution in [2.24, 2.45) is 17.6 Å². The topological polar surface area (TPSA) is 58.4 Å². The van der Waals surface area contributed by atoms with Crippen molar-refractivity contribution < 1.29 is 4.79 Å². The Balaban J connectivity index is 0.00000161. The summed E-state index contributed by atoms with van der Waals surface area (Å²) in [5.74, 6) is 0.498. The minimum Gasteiger partial charge on any atom is -0.370 e. The molecule has 5 heteroatoms. The summed E-state index contributed by atoms with van der Waals surface area (Å²) in [5.41, 5.74) is 8.10. The van der Waals surface area contributed by atoms with E-state index in [9.17, 15) is 4.79 Å². The smallest absolute Gasteiger partial charge is 0.222 e. The van der Waals surface area contributed by atoms with Crippen molar-refractivity contribution in [3.8, 4) is 0 Å². The molecule has 21 heavy (non-hydrogen) atoms. The monoisotopic (exact) mass is 309 g/mol. The molecule has 1 atom stereocenters. The molecule has 3 rings (SSSR count). The van der Waals surface area contributed by atoms with Crippen LogP contribution in [0.5, 0.6) is 0 Å². The maximum Gasteiger partial charge on any atom is 0.222 e. The first-order chi connectivity index (χ1) is 9.74. The zero-order valence-corrected chi connectivity index (χ0v) is 13.1. The van der Waals surface area contributed by atoms with Gasteiger partial charge in [-0.25, -0.2) is 0 Å². The number of halogens is 1. The van der Waals surface area contributed by atoms with Crippen molar-refractivity contribution in [1.82, 2.24) is 5.32 Å². The van der Waals surface area contributed by atoms with Gasteiger partial charge in [-0.05, 0) is 49.9 Å². The summed E-state index contributed by atoms with van der Waals surface area (Å²) >= 11 is 0. The van der Waals surface area contributed by atoms with E-state index in [0.717, 1.165) is 38.5 Å². The van der Waals surface area contributed by atoms with Crippen LogP contribution >= 0.6 is 12.4 Å². The number of amides is 1. The Hall–Kier alpha value is -1.26. The molecule has 0 saturated carbocycles. The number of fused-ring (bicyclic) bond motifs is 1. The average Bonchev–Trinajstić information content (AvgIpc) is 2.48. The predicted octanol–water partition coefficient (Wildman–Crippen LogP) is 1.57. The normalized spacial score (nSPS) is 22.3. The molecule has 1 unspecified atom stereocenters. The lowest BCUT2D eigenvalue weighted by Gasteiger charge is -2.38. The Labute approximate surface area is 132 Å². The van der Waals surface area contributed by atoms with E-state index in [-0.39, 0.29) is 24.2 Å². The van der Waals surface area contributed by atoms with E-state index in [1.54, 1.807) is 0 Å². The third-order valence-corrected chi connectivity index (χ3v) is 4.58. The second-order valence-corrected chi connectivity index (χ2v) is 6.03. The lowest BCUT2D eigenvalue weighted by atomic mass is 9.90. The third kappa shape index (κ3) is 3.69. The van der Waals surface area contributed by atoms with E-state index in [1.165, 1.54) is 24.1 Å². The van der Waals surface area contributed by atoms with E-state index in [0.29, 0.717) is 0 Å². The number of carbonyl (C=O) groups excluding carboxylic acids is 1. The first-order valence-electron chi connectivity index (χ1n) is 7.57. The minimum absolute atomic E-state index is 0. The van der Waals surface area contributed by atoms with Crippen molar-refractivity contribution in [3.63, 3.8) is 0 Å². The predicted molar refractivity (Wildman–Crippen MR) is 87.9 cm³/mol. The highest BCUT2D eigenvalue weighted by Crippen LogP contribution is 2.31. The van der Waals surface area contributed by atoms with Gasteiger partial charge in [0.25, 0.3) is 0 Å². The van der Waals surface area contributed by atoms with Crippen LogP contribution in [0.15, 0.2) is 24.3 Å². The molecule has 2 aliphatic rings. The van der Waals surface area contributed by atoms with Gasteiger partial charge < -0.3 is 16.0 Å². The van der Waals surface area contributed by atoms with Crippen LogP contribution in [0, 0.1) is 11.8 Å². The number of hydrogen-bond acceptors (Lipinski definition) is 3. The van der Waals surface area contributed by atoms with E-state index in [4.69, 9.17) is 5.73 Å². The Morgan fingerprint density at radius 1 is 1.29 bits per heavy atom. The number of primary amides is 1. The lowest BCUT2D eigenvalue weighted by Crippen LogP contribution is -2.44. The quantitative estimate of drug-likeness (QED) is 0.891. The summed E-state index contributed by atoms with van der Waals surface area (Å²) in [6.07, 6.45) is 3.23. The molecule has 2 heterocycles. The zero-order valence-electron chi connectivity index (χ0n) is 12.3. The fourth-order valence-corrected chi connectivity index (χ4v) is 3.43. The number of hydrogen-bond donors (Lipinski definition) is 2. The van der Waals surface area contributed by atoms with Crippen LogP contribution in [0.2, 0.25) is 0 Å². The van der Waals surface area contributed by atoms with Crippen molar-refractivity contribution in [2.75, 3.05) is 31.1 Å². The molecule has 4 nitrogen and oxygen atoms in total. The van der Waals surface area contributed by atoms with Gasteiger partial charge in [0.2, 0.25) is 5.91 Å². The van der Waals surface area contributed by atoms with Crippen molar-refractivity contribution >= 4 is 24.0 Å². The Kier molecular flexibility index (Phi) is 5.48. The molecule has 0 spiro atoms. The number of benzene rings is 1. The maximum absolute atomic E-state index is 11.6. The highest BCUT2D eigenvalue weighted by Gasteiger charge is 2.29. The second kappa shape index (κ2) is 7.14. The van der Waals surface area contributed by atoms with Crippen LogP contribution in [-0.2, 0) is 11.2 Å². The van der Waals surface area contributed by atoms with Crippen molar-refractivity contribution in [1.29, 1.82) is 0 Å². The van der Waals surface area contributed by atoms with Gasteiger partial charge in [0, 0.05) is 18.8 Å². The number of anilines is 1. The highest BCUT2D eigenvalue weighted by molar-refractivity contribution is 5.85. The van der Waals surface area contributed by atoms with Crippen LogP contribution < -0.4 is 16.0 Å². The molecule has 0 aromatic heterocycles. The number of para-hydroxylation sites is 1. The van der Waals surface area contributed by atoms with E-state index in [1.807, 2.05) is 6.07 Å². The largest absolute Gasteiger partial charge is 0.370 e. The van der Waals surface area contributed by atoms with E-state index < -0.39 is 0 Å². The second-order valence-electron chi connectivity index (χ2n) is 6.03. The molecule has 0 bridgehead atoms. The molecule has 1 aromatic carbocycles. The van der Waals surface area contributed by atoms with Gasteiger partial charge >= 0.3 is 0 Å². The van der Waals surface area contributed by atoms with Crippen molar-refractivity contribution in [3.05, 3.63) is 29.8 Å². The summed E-state index contributed by atoms with van der Waals surface area (Å²) in [6.45, 7) is 4.04. The molecular formula is C16H24ClN3O. The first-order valence-corrected chi connectivity index (χ1v) is 7.57.